The van der Waals surface area contributed by atoms with Crippen LogP contribution >= 0.6 is 0 Å². The van der Waals surface area contributed by atoms with Gasteiger partial charge in [-0.25, -0.2) is 0 Å². The van der Waals surface area contributed by atoms with Crippen LogP contribution in [0, 0.1) is 11.8 Å². The van der Waals surface area contributed by atoms with Gasteiger partial charge in [-0.05, 0) is 22.3 Å². The summed E-state index contributed by atoms with van der Waals surface area (Å²) in [6, 6.07) is 15.8. The number of carbonyl (C=O) groups is 2. The van der Waals surface area contributed by atoms with Crippen LogP contribution in [0.4, 0.5) is 0 Å². The maximum atomic E-state index is 12.9. The summed E-state index contributed by atoms with van der Waals surface area (Å²) in [6.45, 7) is 0. The Balaban J connectivity index is 2.02. The zero-order valence-electron chi connectivity index (χ0n) is 13.6. The average Bonchev–Trinajstić information content (AvgIpc) is 2.60. The highest BCUT2D eigenvalue weighted by Crippen LogP contribution is 2.58. The van der Waals surface area contributed by atoms with E-state index in [-0.39, 0.29) is 17.7 Å². The van der Waals surface area contributed by atoms with Gasteiger partial charge in [0.1, 0.15) is 0 Å². The summed E-state index contributed by atoms with van der Waals surface area (Å²) in [6.07, 6.45) is 0. The molecule has 24 heavy (non-hydrogen) atoms. The largest absolute Gasteiger partial charge is 0.550 e. The van der Waals surface area contributed by atoms with E-state index in [4.69, 9.17) is 0 Å². The van der Waals surface area contributed by atoms with Gasteiger partial charge >= 0.3 is 0 Å². The number of carbonyl (C=O) groups excluding carboxylic acids is 2. The number of amides is 1. The van der Waals surface area contributed by atoms with E-state index >= 15 is 0 Å². The fourth-order valence-electron chi connectivity index (χ4n) is 4.56. The number of carboxylic acid groups (broad SMARTS) is 1. The first-order chi connectivity index (χ1) is 11.5. The van der Waals surface area contributed by atoms with Crippen LogP contribution in [0.15, 0.2) is 48.5 Å². The molecular weight excluding hydrogens is 302 g/mol. The molecule has 0 saturated heterocycles. The van der Waals surface area contributed by atoms with E-state index in [1.54, 1.807) is 14.1 Å². The molecule has 0 unspecified atom stereocenters. The van der Waals surface area contributed by atoms with E-state index in [0.29, 0.717) is 0 Å². The molecule has 0 aromatic heterocycles. The highest BCUT2D eigenvalue weighted by molar-refractivity contribution is 5.89. The highest BCUT2D eigenvalue weighted by Gasteiger charge is 2.53. The molecule has 0 N–H and O–H groups in total. The number of nitrogens with zero attached hydrogens (tertiary/aromatic N) is 1. The van der Waals surface area contributed by atoms with Gasteiger partial charge in [-0.2, -0.15) is 0 Å². The molecule has 2 bridgehead atoms. The van der Waals surface area contributed by atoms with Crippen LogP contribution in [-0.4, -0.2) is 30.9 Å². The molecule has 2 atom stereocenters. The summed E-state index contributed by atoms with van der Waals surface area (Å²) >= 11 is 0. The van der Waals surface area contributed by atoms with Crippen LogP contribution in [0.3, 0.4) is 0 Å². The summed E-state index contributed by atoms with van der Waals surface area (Å²) in [5, 5.41) is 12.0. The Morgan fingerprint density at radius 2 is 1.17 bits per heavy atom. The van der Waals surface area contributed by atoms with Crippen molar-refractivity contribution in [3.63, 3.8) is 0 Å². The zero-order chi connectivity index (χ0) is 17.0. The summed E-state index contributed by atoms with van der Waals surface area (Å²) in [7, 11) is 3.35. The first-order valence-electron chi connectivity index (χ1n) is 8.12. The quantitative estimate of drug-likeness (QED) is 0.839. The fourth-order valence-corrected chi connectivity index (χ4v) is 4.56. The molecule has 0 heterocycles. The van der Waals surface area contributed by atoms with Crippen LogP contribution < -0.4 is 5.11 Å². The second kappa shape index (κ2) is 5.20. The Morgan fingerprint density at radius 3 is 1.50 bits per heavy atom. The molecule has 2 aromatic rings. The van der Waals surface area contributed by atoms with Crippen molar-refractivity contribution in [2.24, 2.45) is 11.8 Å². The molecule has 5 rings (SSSR count). The van der Waals surface area contributed by atoms with E-state index in [2.05, 4.69) is 0 Å². The summed E-state index contributed by atoms with van der Waals surface area (Å²) < 4.78 is 0. The SMILES string of the molecule is CN(C)C(=O)[C@@H]1C2c3ccccc3C(c3ccccc32)[C@H]1C(=O)[O-]. The summed E-state index contributed by atoms with van der Waals surface area (Å²) in [4.78, 5) is 26.4. The average molecular weight is 320 g/mol. The van der Waals surface area contributed by atoms with Crippen LogP contribution in [-0.2, 0) is 9.59 Å². The van der Waals surface area contributed by atoms with Crippen molar-refractivity contribution >= 4 is 11.9 Å². The molecule has 3 aliphatic carbocycles. The van der Waals surface area contributed by atoms with Gasteiger partial charge in [0.05, 0.1) is 5.92 Å². The van der Waals surface area contributed by atoms with Gasteiger partial charge in [-0.3, -0.25) is 4.79 Å². The molecule has 2 aromatic carbocycles. The standard InChI is InChI=1S/C20H19NO3/c1-21(2)19(22)17-15-11-7-3-5-9-13(11)16(18(17)20(23)24)14-10-6-4-8-12(14)15/h3-10,15-18H,1-2H3,(H,23,24)/p-1/t15?,16?,17-,18-/m1/s1. The Kier molecular flexibility index (Phi) is 3.23. The monoisotopic (exact) mass is 320 g/mol. The number of hydrogen-bond acceptors (Lipinski definition) is 3. The number of benzene rings is 2. The maximum absolute atomic E-state index is 12.9. The molecule has 0 spiro atoms. The second-order valence-electron chi connectivity index (χ2n) is 6.82. The molecule has 0 fully saturated rings. The van der Waals surface area contributed by atoms with Crippen LogP contribution in [0.2, 0.25) is 0 Å². The van der Waals surface area contributed by atoms with Crippen LogP contribution in [0.5, 0.6) is 0 Å². The first kappa shape index (κ1) is 14.9. The molecular formula is C20H18NO3-. The topological polar surface area (TPSA) is 60.4 Å². The van der Waals surface area contributed by atoms with Gasteiger partial charge in [-0.15, -0.1) is 0 Å². The Hall–Kier alpha value is -2.62. The Labute approximate surface area is 140 Å². The smallest absolute Gasteiger partial charge is 0.226 e. The van der Waals surface area contributed by atoms with Crippen molar-refractivity contribution in [2.75, 3.05) is 14.1 Å². The first-order valence-corrected chi connectivity index (χ1v) is 8.12. The minimum Gasteiger partial charge on any atom is -0.550 e. The van der Waals surface area contributed by atoms with Crippen molar-refractivity contribution in [2.45, 2.75) is 11.8 Å². The predicted octanol–water partition coefficient (Wildman–Crippen LogP) is 1.35. The predicted molar refractivity (Wildman–Crippen MR) is 87.3 cm³/mol. The third-order valence-electron chi connectivity index (χ3n) is 5.44. The van der Waals surface area contributed by atoms with Crippen LogP contribution in [0.25, 0.3) is 0 Å². The lowest BCUT2D eigenvalue weighted by molar-refractivity contribution is -0.314. The molecule has 0 radical (unpaired) electrons. The van der Waals surface area contributed by atoms with Crippen molar-refractivity contribution in [1.82, 2.24) is 4.90 Å². The van der Waals surface area contributed by atoms with Crippen molar-refractivity contribution in [3.05, 3.63) is 70.8 Å². The number of carboxylic acids is 1. The van der Waals surface area contributed by atoms with Gasteiger partial charge in [-0.1, -0.05) is 48.5 Å². The van der Waals surface area contributed by atoms with Gasteiger partial charge in [0.25, 0.3) is 0 Å². The van der Waals surface area contributed by atoms with Gasteiger partial charge < -0.3 is 14.8 Å². The lowest BCUT2D eigenvalue weighted by Crippen LogP contribution is -2.53. The van der Waals surface area contributed by atoms with Crippen molar-refractivity contribution < 1.29 is 14.7 Å². The number of hydrogen-bond donors (Lipinski definition) is 0. The lowest BCUT2D eigenvalue weighted by atomic mass is 9.54. The second-order valence-corrected chi connectivity index (χ2v) is 6.82. The molecule has 0 saturated carbocycles. The van der Waals surface area contributed by atoms with Crippen LogP contribution in [0.1, 0.15) is 34.1 Å². The minimum atomic E-state index is -1.14. The molecule has 0 aliphatic heterocycles. The third-order valence-corrected chi connectivity index (χ3v) is 5.44. The van der Waals surface area contributed by atoms with Gasteiger partial charge in [0.15, 0.2) is 0 Å². The molecule has 3 aliphatic rings. The zero-order valence-corrected chi connectivity index (χ0v) is 13.6. The van der Waals surface area contributed by atoms with E-state index in [0.717, 1.165) is 22.3 Å². The fraction of sp³-hybridized carbons (Fsp3) is 0.300. The van der Waals surface area contributed by atoms with E-state index < -0.39 is 17.8 Å². The lowest BCUT2D eigenvalue weighted by Gasteiger charge is -2.50. The van der Waals surface area contributed by atoms with E-state index in [1.165, 1.54) is 4.90 Å². The van der Waals surface area contributed by atoms with Crippen molar-refractivity contribution in [1.29, 1.82) is 0 Å². The third kappa shape index (κ3) is 1.86. The van der Waals surface area contributed by atoms with E-state index in [1.807, 2.05) is 48.5 Å². The number of fused-ring (bicyclic) bond motifs is 1. The van der Waals surface area contributed by atoms with Gasteiger partial charge in [0, 0.05) is 37.8 Å². The number of aliphatic carboxylic acids is 1. The van der Waals surface area contributed by atoms with Crippen molar-refractivity contribution in [3.8, 4) is 0 Å². The Bertz CT molecular complexity index is 795. The highest BCUT2D eigenvalue weighted by atomic mass is 16.4. The number of rotatable bonds is 2. The van der Waals surface area contributed by atoms with Gasteiger partial charge in [0.2, 0.25) is 5.91 Å². The molecule has 4 heteroatoms. The minimum absolute atomic E-state index is 0.150. The normalized spacial score (nSPS) is 26.4. The Morgan fingerprint density at radius 1 is 0.792 bits per heavy atom. The molecule has 4 nitrogen and oxygen atoms in total. The summed E-state index contributed by atoms with van der Waals surface area (Å²) in [5.41, 5.74) is 4.16. The molecule has 122 valence electrons. The molecule has 1 amide bonds. The summed E-state index contributed by atoms with van der Waals surface area (Å²) in [5.74, 6) is -3.33. The maximum Gasteiger partial charge on any atom is 0.226 e. The van der Waals surface area contributed by atoms with E-state index in [9.17, 15) is 14.7 Å².